The molecule has 1 amide bonds. The summed E-state index contributed by atoms with van der Waals surface area (Å²) < 4.78 is 17.5. The molecular formula is C18H20N4O4. The molecule has 2 aromatic heterocycles. The van der Waals surface area contributed by atoms with E-state index in [4.69, 9.17) is 14.2 Å². The number of aryl methyl sites for hydroxylation is 2. The van der Waals surface area contributed by atoms with Gasteiger partial charge in [-0.1, -0.05) is 0 Å². The lowest BCUT2D eigenvalue weighted by Gasteiger charge is -2.14. The predicted molar refractivity (Wildman–Crippen MR) is 97.3 cm³/mol. The molecule has 1 N–H and O–H groups in total. The van der Waals surface area contributed by atoms with Crippen LogP contribution in [0.15, 0.2) is 24.4 Å². The highest BCUT2D eigenvalue weighted by Gasteiger charge is 2.18. The summed E-state index contributed by atoms with van der Waals surface area (Å²) in [5, 5.41) is 8.04. The van der Waals surface area contributed by atoms with Crippen LogP contribution < -0.4 is 19.5 Å². The van der Waals surface area contributed by atoms with Crippen LogP contribution in [-0.2, 0) is 7.05 Å². The van der Waals surface area contributed by atoms with Gasteiger partial charge in [-0.15, -0.1) is 0 Å². The fourth-order valence-electron chi connectivity index (χ4n) is 2.78. The van der Waals surface area contributed by atoms with Gasteiger partial charge in [0.25, 0.3) is 5.91 Å². The van der Waals surface area contributed by atoms with Gasteiger partial charge in [-0.2, -0.15) is 5.10 Å². The van der Waals surface area contributed by atoms with E-state index in [1.54, 1.807) is 23.0 Å². The van der Waals surface area contributed by atoms with Crippen LogP contribution in [0.25, 0.3) is 11.0 Å². The molecule has 0 saturated heterocycles. The zero-order valence-electron chi connectivity index (χ0n) is 15.3. The quantitative estimate of drug-likeness (QED) is 0.756. The number of amides is 1. The zero-order valence-corrected chi connectivity index (χ0v) is 15.3. The summed E-state index contributed by atoms with van der Waals surface area (Å²) >= 11 is 0. The minimum atomic E-state index is -0.342. The molecule has 2 heterocycles. The lowest BCUT2D eigenvalue weighted by Crippen LogP contribution is -2.14. The lowest BCUT2D eigenvalue weighted by molar-refractivity contribution is 0.102. The Kier molecular flexibility index (Phi) is 4.66. The average Bonchev–Trinajstić information content (AvgIpc) is 2.93. The van der Waals surface area contributed by atoms with Gasteiger partial charge in [0.1, 0.15) is 5.75 Å². The molecule has 3 rings (SSSR count). The van der Waals surface area contributed by atoms with Crippen LogP contribution >= 0.6 is 0 Å². The fourth-order valence-corrected chi connectivity index (χ4v) is 2.78. The van der Waals surface area contributed by atoms with Gasteiger partial charge in [0.15, 0.2) is 17.1 Å². The second-order valence-corrected chi connectivity index (χ2v) is 5.67. The Morgan fingerprint density at radius 2 is 1.69 bits per heavy atom. The summed E-state index contributed by atoms with van der Waals surface area (Å²) in [5.74, 6) is 0.961. The number of benzene rings is 1. The van der Waals surface area contributed by atoms with Crippen LogP contribution in [0.4, 0.5) is 5.69 Å². The van der Waals surface area contributed by atoms with E-state index < -0.39 is 0 Å². The van der Waals surface area contributed by atoms with Gasteiger partial charge < -0.3 is 19.5 Å². The molecule has 26 heavy (non-hydrogen) atoms. The normalized spacial score (nSPS) is 10.7. The van der Waals surface area contributed by atoms with Crippen molar-refractivity contribution in [1.29, 1.82) is 0 Å². The number of aromatic nitrogens is 3. The van der Waals surface area contributed by atoms with E-state index in [0.717, 1.165) is 16.7 Å². The number of pyridine rings is 1. The third-order valence-corrected chi connectivity index (χ3v) is 4.07. The summed E-state index contributed by atoms with van der Waals surface area (Å²) in [6.07, 6.45) is 1.59. The molecule has 0 aliphatic rings. The monoisotopic (exact) mass is 356 g/mol. The molecule has 0 fully saturated rings. The number of nitrogens with zero attached hydrogens (tertiary/aromatic N) is 3. The molecule has 3 aromatic rings. The molecule has 0 atom stereocenters. The minimum absolute atomic E-state index is 0.327. The van der Waals surface area contributed by atoms with Crippen molar-refractivity contribution in [3.63, 3.8) is 0 Å². The lowest BCUT2D eigenvalue weighted by atomic mass is 10.1. The summed E-state index contributed by atoms with van der Waals surface area (Å²) in [5.41, 5.74) is 2.49. The first-order chi connectivity index (χ1) is 12.5. The molecule has 8 nitrogen and oxygen atoms in total. The standard InChI is InChI=1S/C18H20N4O4/c1-10-12-6-11(9-19-17(12)22(2)21-10)20-18(23)13-7-15(25-4)16(26-5)8-14(13)24-3/h6-9H,1-5H3,(H,20,23). The van der Waals surface area contributed by atoms with Crippen molar-refractivity contribution in [1.82, 2.24) is 14.8 Å². The Labute approximate surface area is 150 Å². The van der Waals surface area contributed by atoms with Crippen LogP contribution in [0.5, 0.6) is 17.2 Å². The Balaban J connectivity index is 1.96. The van der Waals surface area contributed by atoms with Crippen molar-refractivity contribution < 1.29 is 19.0 Å². The number of carbonyl (C=O) groups excluding carboxylic acids is 1. The van der Waals surface area contributed by atoms with Crippen LogP contribution in [-0.4, -0.2) is 42.0 Å². The Morgan fingerprint density at radius 3 is 2.35 bits per heavy atom. The molecule has 0 spiro atoms. The second kappa shape index (κ2) is 6.91. The van der Waals surface area contributed by atoms with Crippen LogP contribution in [0, 0.1) is 6.92 Å². The summed E-state index contributed by atoms with van der Waals surface area (Å²) in [7, 11) is 6.35. The van der Waals surface area contributed by atoms with E-state index in [1.165, 1.54) is 21.3 Å². The summed E-state index contributed by atoms with van der Waals surface area (Å²) in [6, 6.07) is 5.03. The number of nitrogens with one attached hydrogen (secondary N) is 1. The SMILES string of the molecule is COc1cc(OC)c(C(=O)Nc2cnc3c(c2)c(C)nn3C)cc1OC. The van der Waals surface area contributed by atoms with E-state index >= 15 is 0 Å². The highest BCUT2D eigenvalue weighted by atomic mass is 16.5. The minimum Gasteiger partial charge on any atom is -0.496 e. The largest absolute Gasteiger partial charge is 0.496 e. The molecule has 8 heteroatoms. The van der Waals surface area contributed by atoms with Crippen molar-refractivity contribution >= 4 is 22.6 Å². The molecule has 1 aromatic carbocycles. The Morgan fingerprint density at radius 1 is 1.04 bits per heavy atom. The van der Waals surface area contributed by atoms with E-state index in [2.05, 4.69) is 15.4 Å². The van der Waals surface area contributed by atoms with Crippen LogP contribution in [0.3, 0.4) is 0 Å². The number of anilines is 1. The van der Waals surface area contributed by atoms with Gasteiger partial charge in [-0.3, -0.25) is 9.48 Å². The molecule has 0 radical (unpaired) electrons. The maximum Gasteiger partial charge on any atom is 0.259 e. The number of carbonyl (C=O) groups is 1. The predicted octanol–water partition coefficient (Wildman–Crippen LogP) is 2.55. The topological polar surface area (TPSA) is 87.5 Å². The van der Waals surface area contributed by atoms with Crippen molar-refractivity contribution in [2.45, 2.75) is 6.92 Å². The van der Waals surface area contributed by atoms with E-state index in [1.807, 2.05) is 20.0 Å². The molecule has 0 saturated carbocycles. The van der Waals surface area contributed by atoms with Crippen molar-refractivity contribution in [3.05, 3.63) is 35.7 Å². The van der Waals surface area contributed by atoms with Crippen molar-refractivity contribution in [2.75, 3.05) is 26.6 Å². The smallest absolute Gasteiger partial charge is 0.259 e. The molecule has 136 valence electrons. The van der Waals surface area contributed by atoms with E-state index in [0.29, 0.717) is 28.5 Å². The number of methoxy groups -OCH3 is 3. The first kappa shape index (κ1) is 17.5. The zero-order chi connectivity index (χ0) is 18.8. The van der Waals surface area contributed by atoms with Crippen molar-refractivity contribution in [3.8, 4) is 17.2 Å². The molecule has 0 unspecified atom stereocenters. The molecule has 0 aliphatic heterocycles. The number of hydrogen-bond acceptors (Lipinski definition) is 6. The van der Waals surface area contributed by atoms with Gasteiger partial charge >= 0.3 is 0 Å². The maximum atomic E-state index is 12.8. The van der Waals surface area contributed by atoms with Gasteiger partial charge in [-0.05, 0) is 13.0 Å². The number of ether oxygens (including phenoxy) is 3. The third kappa shape index (κ3) is 3.01. The highest BCUT2D eigenvalue weighted by Crippen LogP contribution is 2.35. The first-order valence-electron chi connectivity index (χ1n) is 7.89. The Bertz CT molecular complexity index is 981. The molecular weight excluding hydrogens is 336 g/mol. The average molecular weight is 356 g/mol. The maximum absolute atomic E-state index is 12.8. The number of rotatable bonds is 5. The van der Waals surface area contributed by atoms with Gasteiger partial charge in [0.05, 0.1) is 44.5 Å². The fraction of sp³-hybridized carbons (Fsp3) is 0.278. The van der Waals surface area contributed by atoms with Crippen LogP contribution in [0.2, 0.25) is 0 Å². The summed E-state index contributed by atoms with van der Waals surface area (Å²) in [4.78, 5) is 17.1. The van der Waals surface area contributed by atoms with Gasteiger partial charge in [0.2, 0.25) is 0 Å². The number of fused-ring (bicyclic) bond motifs is 1. The van der Waals surface area contributed by atoms with Crippen molar-refractivity contribution in [2.24, 2.45) is 7.05 Å². The highest BCUT2D eigenvalue weighted by molar-refractivity contribution is 6.07. The molecule has 0 aliphatic carbocycles. The first-order valence-corrected chi connectivity index (χ1v) is 7.89. The Hall–Kier alpha value is -3.29. The van der Waals surface area contributed by atoms with E-state index in [-0.39, 0.29) is 5.91 Å². The molecule has 0 bridgehead atoms. The second-order valence-electron chi connectivity index (χ2n) is 5.67. The van der Waals surface area contributed by atoms with Gasteiger partial charge in [-0.25, -0.2) is 4.98 Å². The van der Waals surface area contributed by atoms with Crippen LogP contribution in [0.1, 0.15) is 16.1 Å². The third-order valence-electron chi connectivity index (χ3n) is 4.07. The van der Waals surface area contributed by atoms with Gasteiger partial charge in [0, 0.05) is 24.6 Å². The summed E-state index contributed by atoms with van der Waals surface area (Å²) in [6.45, 7) is 1.90. The number of hydrogen-bond donors (Lipinski definition) is 1. The van der Waals surface area contributed by atoms with E-state index in [9.17, 15) is 4.79 Å².